The molecule has 0 heterocycles. The molecular formula is C19H35N5O6. The van der Waals surface area contributed by atoms with Crippen molar-refractivity contribution >= 4 is 29.6 Å². The maximum atomic E-state index is 12.7. The highest BCUT2D eigenvalue weighted by Crippen LogP contribution is 2.09. The Bertz CT molecular complexity index is 635. The molecule has 4 unspecified atom stereocenters. The van der Waals surface area contributed by atoms with Crippen molar-refractivity contribution < 1.29 is 29.1 Å². The van der Waals surface area contributed by atoms with Gasteiger partial charge in [-0.1, -0.05) is 27.7 Å². The molecule has 0 aromatic heterocycles. The molecule has 11 nitrogen and oxygen atoms in total. The van der Waals surface area contributed by atoms with Crippen LogP contribution in [0.25, 0.3) is 0 Å². The van der Waals surface area contributed by atoms with E-state index in [9.17, 15) is 29.1 Å². The second-order valence-corrected chi connectivity index (χ2v) is 8.24. The van der Waals surface area contributed by atoms with Crippen LogP contribution in [-0.4, -0.2) is 58.9 Å². The average molecular weight is 430 g/mol. The van der Waals surface area contributed by atoms with Crippen LogP contribution in [0.2, 0.25) is 0 Å². The Balaban J connectivity index is 5.45. The monoisotopic (exact) mass is 429 g/mol. The highest BCUT2D eigenvalue weighted by molar-refractivity contribution is 5.96. The van der Waals surface area contributed by atoms with Crippen LogP contribution in [0.5, 0.6) is 0 Å². The van der Waals surface area contributed by atoms with E-state index < -0.39 is 60.2 Å². The van der Waals surface area contributed by atoms with Gasteiger partial charge < -0.3 is 32.5 Å². The standard InChI is InChI=1S/C19H35N5O6/c1-9(2)6-12(17(27)24-14(19(29)30)7-10(3)4)23-18(28)13(8-15(21)25)22-16(26)11(5)20/h9-14H,6-8,20H2,1-5H3,(H2,21,25)(H,22,26)(H,23,28)(H,24,27)(H,29,30). The van der Waals surface area contributed by atoms with Gasteiger partial charge in [0.25, 0.3) is 0 Å². The van der Waals surface area contributed by atoms with Crippen molar-refractivity contribution in [1.29, 1.82) is 0 Å². The molecule has 0 aliphatic carbocycles. The first-order valence-corrected chi connectivity index (χ1v) is 9.92. The predicted octanol–water partition coefficient (Wildman–Crippen LogP) is -1.16. The van der Waals surface area contributed by atoms with E-state index >= 15 is 0 Å². The van der Waals surface area contributed by atoms with Gasteiger partial charge in [0.1, 0.15) is 18.1 Å². The molecule has 0 rings (SSSR count). The molecule has 0 fully saturated rings. The van der Waals surface area contributed by atoms with Crippen LogP contribution < -0.4 is 27.4 Å². The molecule has 0 spiro atoms. The summed E-state index contributed by atoms with van der Waals surface area (Å²) in [6, 6.07) is -4.40. The molecule has 30 heavy (non-hydrogen) atoms. The van der Waals surface area contributed by atoms with Gasteiger partial charge in [0.15, 0.2) is 0 Å². The topological polar surface area (TPSA) is 194 Å². The quantitative estimate of drug-likeness (QED) is 0.212. The summed E-state index contributed by atoms with van der Waals surface area (Å²) in [5.74, 6) is -4.11. The maximum Gasteiger partial charge on any atom is 0.326 e. The first-order chi connectivity index (χ1) is 13.7. The van der Waals surface area contributed by atoms with Gasteiger partial charge >= 0.3 is 5.97 Å². The summed E-state index contributed by atoms with van der Waals surface area (Å²) >= 11 is 0. The van der Waals surface area contributed by atoms with Gasteiger partial charge in [-0.2, -0.15) is 0 Å². The van der Waals surface area contributed by atoms with E-state index in [-0.39, 0.29) is 24.7 Å². The summed E-state index contributed by atoms with van der Waals surface area (Å²) < 4.78 is 0. The van der Waals surface area contributed by atoms with E-state index in [1.807, 2.05) is 27.7 Å². The Morgan fingerprint density at radius 1 is 0.733 bits per heavy atom. The lowest BCUT2D eigenvalue weighted by Gasteiger charge is -2.26. The normalized spacial score (nSPS) is 15.1. The number of hydrogen-bond acceptors (Lipinski definition) is 6. The molecule has 0 saturated heterocycles. The summed E-state index contributed by atoms with van der Waals surface area (Å²) in [7, 11) is 0. The smallest absolute Gasteiger partial charge is 0.326 e. The van der Waals surface area contributed by atoms with Gasteiger partial charge in [-0.3, -0.25) is 19.2 Å². The number of aliphatic carboxylic acids is 1. The molecule has 0 radical (unpaired) electrons. The van der Waals surface area contributed by atoms with E-state index in [4.69, 9.17) is 11.5 Å². The van der Waals surface area contributed by atoms with Crippen molar-refractivity contribution in [2.24, 2.45) is 23.3 Å². The first kappa shape index (κ1) is 27.3. The number of rotatable bonds is 13. The third-order valence-corrected chi connectivity index (χ3v) is 4.11. The van der Waals surface area contributed by atoms with Crippen LogP contribution in [0.15, 0.2) is 0 Å². The fourth-order valence-electron chi connectivity index (χ4n) is 2.65. The molecule has 0 aliphatic rings. The van der Waals surface area contributed by atoms with Gasteiger partial charge in [-0.15, -0.1) is 0 Å². The molecule has 11 heteroatoms. The summed E-state index contributed by atoms with van der Waals surface area (Å²) in [6.45, 7) is 8.71. The van der Waals surface area contributed by atoms with Crippen LogP contribution in [0, 0.1) is 11.8 Å². The molecule has 0 aromatic rings. The fourth-order valence-corrected chi connectivity index (χ4v) is 2.65. The third kappa shape index (κ3) is 10.7. The van der Waals surface area contributed by atoms with Crippen molar-refractivity contribution in [3.63, 3.8) is 0 Å². The van der Waals surface area contributed by atoms with Crippen molar-refractivity contribution in [1.82, 2.24) is 16.0 Å². The van der Waals surface area contributed by atoms with Gasteiger partial charge in [0, 0.05) is 0 Å². The lowest BCUT2D eigenvalue weighted by atomic mass is 10.00. The van der Waals surface area contributed by atoms with Crippen LogP contribution in [0.4, 0.5) is 0 Å². The zero-order valence-electron chi connectivity index (χ0n) is 18.2. The summed E-state index contributed by atoms with van der Waals surface area (Å²) in [5.41, 5.74) is 10.6. The predicted molar refractivity (Wildman–Crippen MR) is 110 cm³/mol. The fraction of sp³-hybridized carbons (Fsp3) is 0.737. The molecule has 0 bridgehead atoms. The number of hydrogen-bond donors (Lipinski definition) is 6. The number of primary amides is 1. The molecule has 172 valence electrons. The van der Waals surface area contributed by atoms with Crippen LogP contribution >= 0.6 is 0 Å². The maximum absolute atomic E-state index is 12.7. The van der Waals surface area contributed by atoms with Crippen molar-refractivity contribution in [2.45, 2.75) is 78.0 Å². The molecule has 4 amide bonds. The van der Waals surface area contributed by atoms with E-state index in [0.717, 1.165) is 0 Å². The van der Waals surface area contributed by atoms with Crippen LogP contribution in [-0.2, 0) is 24.0 Å². The highest BCUT2D eigenvalue weighted by atomic mass is 16.4. The zero-order valence-corrected chi connectivity index (χ0v) is 18.2. The number of amides is 4. The number of carbonyl (C=O) groups excluding carboxylic acids is 4. The molecule has 8 N–H and O–H groups in total. The number of nitrogens with two attached hydrogens (primary N) is 2. The number of nitrogens with one attached hydrogen (secondary N) is 3. The summed E-state index contributed by atoms with van der Waals surface area (Å²) in [6.07, 6.45) is -0.0420. The second-order valence-electron chi connectivity index (χ2n) is 8.24. The Labute approximate surface area is 176 Å². The summed E-state index contributed by atoms with van der Waals surface area (Å²) in [5, 5.41) is 16.6. The van der Waals surface area contributed by atoms with E-state index in [2.05, 4.69) is 16.0 Å². The van der Waals surface area contributed by atoms with Gasteiger partial charge in [0.2, 0.25) is 23.6 Å². The zero-order chi connectivity index (χ0) is 23.6. The second kappa shape index (κ2) is 12.8. The SMILES string of the molecule is CC(C)CC(NC(=O)C(CC(C)C)NC(=O)C(CC(N)=O)NC(=O)C(C)N)C(=O)O. The van der Waals surface area contributed by atoms with E-state index in [1.54, 1.807) is 0 Å². The van der Waals surface area contributed by atoms with Crippen LogP contribution in [0.1, 0.15) is 53.9 Å². The minimum absolute atomic E-state index is 0.0114. The van der Waals surface area contributed by atoms with Gasteiger partial charge in [-0.25, -0.2) is 4.79 Å². The van der Waals surface area contributed by atoms with E-state index in [1.165, 1.54) is 6.92 Å². The Morgan fingerprint density at radius 2 is 1.13 bits per heavy atom. The first-order valence-electron chi connectivity index (χ1n) is 9.92. The van der Waals surface area contributed by atoms with Crippen molar-refractivity contribution in [3.05, 3.63) is 0 Å². The van der Waals surface area contributed by atoms with Crippen molar-refractivity contribution in [3.8, 4) is 0 Å². The Hall–Kier alpha value is -2.69. The molecule has 0 aromatic carbocycles. The van der Waals surface area contributed by atoms with Gasteiger partial charge in [0.05, 0.1) is 12.5 Å². The highest BCUT2D eigenvalue weighted by Gasteiger charge is 2.31. The lowest BCUT2D eigenvalue weighted by molar-refractivity contribution is -0.143. The molecule has 0 saturated carbocycles. The lowest BCUT2D eigenvalue weighted by Crippen LogP contribution is -2.57. The molecular weight excluding hydrogens is 394 g/mol. The molecule has 0 aliphatic heterocycles. The number of carboxylic acids is 1. The molecule has 4 atom stereocenters. The largest absolute Gasteiger partial charge is 0.480 e. The van der Waals surface area contributed by atoms with Crippen molar-refractivity contribution in [2.75, 3.05) is 0 Å². The minimum atomic E-state index is -1.31. The number of carbonyl (C=O) groups is 5. The summed E-state index contributed by atoms with van der Waals surface area (Å²) in [4.78, 5) is 59.9. The Kier molecular flexibility index (Phi) is 11.6. The number of carboxylic acid groups (broad SMARTS) is 1. The average Bonchev–Trinajstić information content (AvgIpc) is 2.58. The Morgan fingerprint density at radius 3 is 1.53 bits per heavy atom. The van der Waals surface area contributed by atoms with E-state index in [0.29, 0.717) is 0 Å². The van der Waals surface area contributed by atoms with Crippen LogP contribution in [0.3, 0.4) is 0 Å². The van der Waals surface area contributed by atoms with Gasteiger partial charge in [-0.05, 0) is 31.6 Å². The minimum Gasteiger partial charge on any atom is -0.480 e. The third-order valence-electron chi connectivity index (χ3n) is 4.11.